The molecule has 1 unspecified atom stereocenters. The summed E-state index contributed by atoms with van der Waals surface area (Å²) >= 11 is 1.41. The van der Waals surface area contributed by atoms with Gasteiger partial charge in [0.15, 0.2) is 10.9 Å². The number of aliphatic carboxylic acids is 1. The Balaban J connectivity index is 2.66. The molecule has 6 heteroatoms. The molecule has 5 nitrogen and oxygen atoms in total. The molecule has 1 heterocycles. The highest BCUT2D eigenvalue weighted by molar-refractivity contribution is 7.98. The van der Waals surface area contributed by atoms with E-state index in [0.717, 1.165) is 0 Å². The van der Waals surface area contributed by atoms with Gasteiger partial charge in [-0.2, -0.15) is 0 Å². The minimum Gasteiger partial charge on any atom is -0.481 e. The maximum absolute atomic E-state index is 11.9. The number of carbonyl (C=O) groups excluding carboxylic acids is 1. The van der Waals surface area contributed by atoms with E-state index in [1.807, 2.05) is 6.26 Å². The molecule has 0 bridgehead atoms. The summed E-state index contributed by atoms with van der Waals surface area (Å²) in [5.74, 6) is -1.60. The second kappa shape index (κ2) is 5.77. The van der Waals surface area contributed by atoms with Crippen LogP contribution in [0.15, 0.2) is 21.6 Å². The van der Waals surface area contributed by atoms with E-state index in [1.54, 1.807) is 26.1 Å². The van der Waals surface area contributed by atoms with Crippen LogP contribution in [0.3, 0.4) is 0 Å². The molecule has 0 spiro atoms. The van der Waals surface area contributed by atoms with Crippen molar-refractivity contribution in [3.63, 3.8) is 0 Å². The summed E-state index contributed by atoms with van der Waals surface area (Å²) in [7, 11) is 1.56. The first kappa shape index (κ1) is 13.6. The van der Waals surface area contributed by atoms with Crippen molar-refractivity contribution in [2.75, 3.05) is 19.8 Å². The van der Waals surface area contributed by atoms with Crippen LogP contribution in [-0.2, 0) is 4.79 Å². The zero-order valence-corrected chi connectivity index (χ0v) is 10.8. The topological polar surface area (TPSA) is 70.8 Å². The molecule has 94 valence electrons. The van der Waals surface area contributed by atoms with E-state index in [2.05, 4.69) is 0 Å². The first-order valence-corrected chi connectivity index (χ1v) is 6.30. The zero-order chi connectivity index (χ0) is 13.0. The Kier molecular flexibility index (Phi) is 4.62. The SMILES string of the molecule is CSc1ccc(C(=O)N(C)CC(C)C(=O)O)o1. The molecule has 0 aromatic carbocycles. The summed E-state index contributed by atoms with van der Waals surface area (Å²) in [6, 6.07) is 3.31. The molecule has 1 amide bonds. The van der Waals surface area contributed by atoms with Crippen molar-refractivity contribution in [1.29, 1.82) is 0 Å². The van der Waals surface area contributed by atoms with Gasteiger partial charge < -0.3 is 14.4 Å². The maximum atomic E-state index is 11.9. The Morgan fingerprint density at radius 1 is 1.53 bits per heavy atom. The summed E-state index contributed by atoms with van der Waals surface area (Å²) in [5.41, 5.74) is 0. The highest BCUT2D eigenvalue weighted by Crippen LogP contribution is 2.19. The van der Waals surface area contributed by atoms with E-state index in [4.69, 9.17) is 9.52 Å². The molecule has 1 rings (SSSR count). The predicted molar refractivity (Wildman–Crippen MR) is 64.2 cm³/mol. The molecular weight excluding hydrogens is 242 g/mol. The Morgan fingerprint density at radius 2 is 2.18 bits per heavy atom. The van der Waals surface area contributed by atoms with E-state index in [-0.39, 0.29) is 18.2 Å². The van der Waals surface area contributed by atoms with Gasteiger partial charge in [0, 0.05) is 13.6 Å². The lowest BCUT2D eigenvalue weighted by atomic mass is 10.2. The van der Waals surface area contributed by atoms with Crippen LogP contribution in [0, 0.1) is 5.92 Å². The Bertz CT molecular complexity index is 415. The third-order valence-electron chi connectivity index (χ3n) is 2.31. The lowest BCUT2D eigenvalue weighted by Gasteiger charge is -2.17. The van der Waals surface area contributed by atoms with Crippen molar-refractivity contribution >= 4 is 23.6 Å². The van der Waals surface area contributed by atoms with Gasteiger partial charge >= 0.3 is 5.97 Å². The normalized spacial score (nSPS) is 12.2. The molecule has 0 aliphatic heterocycles. The highest BCUT2D eigenvalue weighted by atomic mass is 32.2. The minimum atomic E-state index is -0.922. The van der Waals surface area contributed by atoms with Gasteiger partial charge in [-0.25, -0.2) is 0 Å². The predicted octanol–water partition coefficient (Wildman–Crippen LogP) is 1.79. The molecular formula is C11H15NO4S. The van der Waals surface area contributed by atoms with Gasteiger partial charge in [0.25, 0.3) is 5.91 Å². The molecule has 0 saturated carbocycles. The number of thioether (sulfide) groups is 1. The molecule has 0 fully saturated rings. The molecule has 1 atom stereocenters. The largest absolute Gasteiger partial charge is 0.481 e. The second-order valence-electron chi connectivity index (χ2n) is 3.75. The number of rotatable bonds is 5. The lowest BCUT2D eigenvalue weighted by molar-refractivity contribution is -0.141. The highest BCUT2D eigenvalue weighted by Gasteiger charge is 2.20. The van der Waals surface area contributed by atoms with E-state index >= 15 is 0 Å². The zero-order valence-electron chi connectivity index (χ0n) is 9.97. The molecule has 1 aromatic rings. The summed E-state index contributed by atoms with van der Waals surface area (Å²) < 4.78 is 5.28. The number of furan rings is 1. The van der Waals surface area contributed by atoms with Crippen LogP contribution in [0.4, 0.5) is 0 Å². The average molecular weight is 257 g/mol. The van der Waals surface area contributed by atoms with Gasteiger partial charge in [-0.1, -0.05) is 18.7 Å². The fourth-order valence-electron chi connectivity index (χ4n) is 1.30. The van der Waals surface area contributed by atoms with Crippen LogP contribution in [0.2, 0.25) is 0 Å². The Hall–Kier alpha value is -1.43. The van der Waals surface area contributed by atoms with Crippen molar-refractivity contribution < 1.29 is 19.1 Å². The average Bonchev–Trinajstić information content (AvgIpc) is 2.76. The van der Waals surface area contributed by atoms with Crippen LogP contribution in [0.25, 0.3) is 0 Å². The van der Waals surface area contributed by atoms with Crippen molar-refractivity contribution in [3.8, 4) is 0 Å². The molecule has 1 N–H and O–H groups in total. The Labute approximate surface area is 104 Å². The molecule has 17 heavy (non-hydrogen) atoms. The quantitative estimate of drug-likeness (QED) is 0.814. The fourth-order valence-corrected chi connectivity index (χ4v) is 1.68. The van der Waals surface area contributed by atoms with Crippen molar-refractivity contribution in [2.45, 2.75) is 12.0 Å². The summed E-state index contributed by atoms with van der Waals surface area (Å²) in [6.07, 6.45) is 1.85. The maximum Gasteiger partial charge on any atom is 0.308 e. The van der Waals surface area contributed by atoms with Gasteiger partial charge in [-0.3, -0.25) is 9.59 Å². The van der Waals surface area contributed by atoms with Gasteiger partial charge in [-0.05, 0) is 18.4 Å². The van der Waals surface area contributed by atoms with Crippen LogP contribution in [0.5, 0.6) is 0 Å². The molecule has 0 aliphatic carbocycles. The number of hydrogen-bond acceptors (Lipinski definition) is 4. The summed E-state index contributed by atoms with van der Waals surface area (Å²) in [4.78, 5) is 23.9. The number of hydrogen-bond donors (Lipinski definition) is 1. The number of carboxylic acid groups (broad SMARTS) is 1. The minimum absolute atomic E-state index is 0.156. The van der Waals surface area contributed by atoms with Crippen molar-refractivity contribution in [2.24, 2.45) is 5.92 Å². The third kappa shape index (κ3) is 3.52. The summed E-state index contributed by atoms with van der Waals surface area (Å²) in [6.45, 7) is 1.71. The van der Waals surface area contributed by atoms with E-state index in [9.17, 15) is 9.59 Å². The number of carbonyl (C=O) groups is 2. The van der Waals surface area contributed by atoms with Gasteiger partial charge in [0.2, 0.25) is 0 Å². The molecule has 0 aliphatic rings. The van der Waals surface area contributed by atoms with E-state index in [1.165, 1.54) is 16.7 Å². The van der Waals surface area contributed by atoms with Crippen molar-refractivity contribution in [3.05, 3.63) is 17.9 Å². The molecule has 0 saturated heterocycles. The van der Waals surface area contributed by atoms with Crippen molar-refractivity contribution in [1.82, 2.24) is 4.90 Å². The van der Waals surface area contributed by atoms with E-state index < -0.39 is 11.9 Å². The number of amides is 1. The molecule has 0 radical (unpaired) electrons. The van der Waals surface area contributed by atoms with Gasteiger partial charge in [-0.15, -0.1) is 0 Å². The first-order chi connectivity index (χ1) is 7.95. The van der Waals surface area contributed by atoms with Crippen LogP contribution in [0.1, 0.15) is 17.5 Å². The monoisotopic (exact) mass is 257 g/mol. The van der Waals surface area contributed by atoms with E-state index in [0.29, 0.717) is 5.09 Å². The lowest BCUT2D eigenvalue weighted by Crippen LogP contribution is -2.33. The van der Waals surface area contributed by atoms with Crippen LogP contribution in [-0.4, -0.2) is 41.7 Å². The number of nitrogens with zero attached hydrogens (tertiary/aromatic N) is 1. The van der Waals surface area contributed by atoms with Crippen LogP contribution >= 0.6 is 11.8 Å². The van der Waals surface area contributed by atoms with Crippen LogP contribution < -0.4 is 0 Å². The van der Waals surface area contributed by atoms with Gasteiger partial charge in [0.1, 0.15) is 0 Å². The second-order valence-corrected chi connectivity index (χ2v) is 4.56. The summed E-state index contributed by atoms with van der Waals surface area (Å²) in [5, 5.41) is 9.42. The number of carboxylic acids is 1. The molecule has 1 aromatic heterocycles. The van der Waals surface area contributed by atoms with Gasteiger partial charge in [0.05, 0.1) is 5.92 Å². The fraction of sp³-hybridized carbons (Fsp3) is 0.455. The Morgan fingerprint density at radius 3 is 2.65 bits per heavy atom. The smallest absolute Gasteiger partial charge is 0.308 e. The third-order valence-corrected chi connectivity index (χ3v) is 2.93. The standard InChI is InChI=1S/C11H15NO4S/c1-7(11(14)15)6-12(2)10(13)8-4-5-9(16-8)17-3/h4-5,7H,6H2,1-3H3,(H,14,15). The first-order valence-electron chi connectivity index (χ1n) is 5.07.